The van der Waals surface area contributed by atoms with E-state index in [2.05, 4.69) is 26.3 Å². The molecule has 5 unspecified atom stereocenters. The van der Waals surface area contributed by atoms with Crippen LogP contribution >= 0.6 is 0 Å². The smallest absolute Gasteiger partial charge is 0.243 e. The van der Waals surface area contributed by atoms with Crippen molar-refractivity contribution in [1.82, 2.24) is 21.3 Å². The van der Waals surface area contributed by atoms with Crippen molar-refractivity contribution < 1.29 is 29.1 Å². The summed E-state index contributed by atoms with van der Waals surface area (Å²) in [5, 5.41) is 20.3. The van der Waals surface area contributed by atoms with Gasteiger partial charge in [0.1, 0.15) is 29.9 Å². The van der Waals surface area contributed by atoms with Crippen molar-refractivity contribution in [3.05, 3.63) is 65.7 Å². The zero-order valence-electron chi connectivity index (χ0n) is 26.8. The van der Waals surface area contributed by atoms with Gasteiger partial charge in [0.05, 0.1) is 6.54 Å². The maximum atomic E-state index is 13.7. The Kier molecular flexibility index (Phi) is 15.7. The predicted molar refractivity (Wildman–Crippen MR) is 177 cm³/mol. The van der Waals surface area contributed by atoms with Crippen LogP contribution in [0.4, 0.5) is 0 Å². The van der Waals surface area contributed by atoms with Crippen molar-refractivity contribution in [2.45, 2.75) is 70.1 Å². The van der Waals surface area contributed by atoms with Crippen LogP contribution < -0.4 is 44.2 Å². The Balaban J connectivity index is 2.28. The largest absolute Gasteiger partial charge is 0.508 e. The van der Waals surface area contributed by atoms with Gasteiger partial charge in [-0.25, -0.2) is 0 Å². The molecule has 0 radical (unpaired) electrons. The molecule has 0 saturated carbocycles. The summed E-state index contributed by atoms with van der Waals surface area (Å²) < 4.78 is 0. The highest BCUT2D eigenvalue weighted by Gasteiger charge is 2.33. The number of nitrogens with zero attached hydrogens (tertiary/aromatic N) is 1. The Morgan fingerprint density at radius 2 is 1.34 bits per heavy atom. The van der Waals surface area contributed by atoms with Crippen LogP contribution in [0.25, 0.3) is 0 Å². The Morgan fingerprint density at radius 3 is 1.91 bits per heavy atom. The number of amides is 5. The third-order valence-corrected chi connectivity index (χ3v) is 7.53. The molecule has 256 valence electrons. The molecule has 2 rings (SSSR count). The lowest BCUT2D eigenvalue weighted by Crippen LogP contribution is -2.60. The van der Waals surface area contributed by atoms with Gasteiger partial charge in [0.15, 0.2) is 5.96 Å². The topological polar surface area (TPSA) is 270 Å². The fourth-order valence-corrected chi connectivity index (χ4v) is 4.66. The fraction of sp³-hybridized carbons (Fsp3) is 0.438. The van der Waals surface area contributed by atoms with E-state index in [4.69, 9.17) is 22.9 Å². The monoisotopic (exact) mass is 653 g/mol. The third-order valence-electron chi connectivity index (χ3n) is 7.53. The number of phenolic OH excluding ortho intramolecular Hbond substituents is 1. The number of aromatic hydroxyl groups is 1. The molecule has 0 bridgehead atoms. The highest BCUT2D eigenvalue weighted by Crippen LogP contribution is 2.14. The summed E-state index contributed by atoms with van der Waals surface area (Å²) in [5.74, 6) is -3.77. The molecule has 2 aromatic carbocycles. The first-order valence-electron chi connectivity index (χ1n) is 15.4. The average molecular weight is 654 g/mol. The van der Waals surface area contributed by atoms with E-state index in [0.29, 0.717) is 18.4 Å². The van der Waals surface area contributed by atoms with E-state index in [1.807, 2.05) is 13.0 Å². The number of phenols is 1. The highest BCUT2D eigenvalue weighted by molar-refractivity contribution is 5.95. The van der Waals surface area contributed by atoms with E-state index in [1.54, 1.807) is 43.3 Å². The van der Waals surface area contributed by atoms with Crippen LogP contribution in [0.2, 0.25) is 0 Å². The standard InChI is InChI=1S/C32H47N9O6/c1-3-19(2)27(41-30(46)25(38-26(43)18-33)17-21-11-13-22(42)14-12-21)31(47)39-23(10-7-15-37-32(35)36)29(45)40-24(28(34)44)16-20-8-5-4-6-9-20/h4-6,8-9,11-14,19,23-25,27,42H,3,7,10,15-18,33H2,1-2H3,(H2,34,44)(H,38,43)(H,39,47)(H,40,45)(H,41,46)(H4,35,36,37). The maximum Gasteiger partial charge on any atom is 0.243 e. The number of rotatable bonds is 19. The third kappa shape index (κ3) is 13.4. The maximum absolute atomic E-state index is 13.7. The second-order valence-electron chi connectivity index (χ2n) is 11.2. The van der Waals surface area contributed by atoms with Gasteiger partial charge in [-0.3, -0.25) is 29.0 Å². The van der Waals surface area contributed by atoms with Crippen LogP contribution in [0.1, 0.15) is 44.2 Å². The molecule has 5 amide bonds. The lowest BCUT2D eigenvalue weighted by molar-refractivity contribution is -0.135. The zero-order valence-corrected chi connectivity index (χ0v) is 26.8. The number of carbonyl (C=O) groups excluding carboxylic acids is 5. The molecule has 5 atom stereocenters. The van der Waals surface area contributed by atoms with Crippen LogP contribution in [-0.2, 0) is 36.8 Å². The molecule has 47 heavy (non-hydrogen) atoms. The van der Waals surface area contributed by atoms with Gasteiger partial charge in [-0.15, -0.1) is 0 Å². The van der Waals surface area contributed by atoms with Crippen molar-refractivity contribution in [1.29, 1.82) is 0 Å². The van der Waals surface area contributed by atoms with Crippen molar-refractivity contribution in [3.8, 4) is 5.75 Å². The van der Waals surface area contributed by atoms with Crippen LogP contribution in [0.3, 0.4) is 0 Å². The zero-order chi connectivity index (χ0) is 34.9. The average Bonchev–Trinajstić information content (AvgIpc) is 3.04. The minimum absolute atomic E-state index is 0.0355. The lowest BCUT2D eigenvalue weighted by atomic mass is 9.96. The van der Waals surface area contributed by atoms with Gasteiger partial charge < -0.3 is 49.3 Å². The van der Waals surface area contributed by atoms with E-state index in [0.717, 1.165) is 5.56 Å². The summed E-state index contributed by atoms with van der Waals surface area (Å²) in [6.45, 7) is 3.41. The van der Waals surface area contributed by atoms with E-state index in [-0.39, 0.29) is 50.0 Å². The van der Waals surface area contributed by atoms with Gasteiger partial charge in [0.25, 0.3) is 0 Å². The molecule has 15 heteroatoms. The minimum Gasteiger partial charge on any atom is -0.508 e. The van der Waals surface area contributed by atoms with Crippen LogP contribution in [0, 0.1) is 5.92 Å². The number of aliphatic imine (C=N–C) groups is 1. The molecule has 0 aliphatic rings. The van der Waals surface area contributed by atoms with E-state index in [1.165, 1.54) is 12.1 Å². The molecule has 0 aromatic heterocycles. The molecule has 0 aliphatic heterocycles. The molecule has 2 aromatic rings. The quantitative estimate of drug-likeness (QED) is 0.0492. The van der Waals surface area contributed by atoms with Crippen molar-refractivity contribution in [2.24, 2.45) is 33.8 Å². The van der Waals surface area contributed by atoms with Crippen LogP contribution in [0.5, 0.6) is 5.75 Å². The van der Waals surface area contributed by atoms with Crippen molar-refractivity contribution >= 4 is 35.5 Å². The first kappa shape index (κ1) is 38.0. The number of hydrogen-bond donors (Lipinski definition) is 9. The summed E-state index contributed by atoms with van der Waals surface area (Å²) in [6.07, 6.45) is 1.08. The first-order chi connectivity index (χ1) is 22.3. The summed E-state index contributed by atoms with van der Waals surface area (Å²) in [5.41, 5.74) is 23.3. The van der Waals surface area contributed by atoms with Gasteiger partial charge in [0.2, 0.25) is 29.5 Å². The number of nitrogens with two attached hydrogens (primary N) is 4. The molecular formula is C32H47N9O6. The Labute approximate surface area is 274 Å². The SMILES string of the molecule is CCC(C)C(NC(=O)C(Cc1ccc(O)cc1)NC(=O)CN)C(=O)NC(CCCN=C(N)N)C(=O)NC(Cc1ccccc1)C(N)=O. The van der Waals surface area contributed by atoms with E-state index in [9.17, 15) is 29.1 Å². The lowest BCUT2D eigenvalue weighted by Gasteiger charge is -2.29. The molecule has 0 aliphatic carbocycles. The number of nitrogens with one attached hydrogen (secondary N) is 4. The van der Waals surface area contributed by atoms with E-state index >= 15 is 0 Å². The second-order valence-corrected chi connectivity index (χ2v) is 11.2. The van der Waals surface area contributed by atoms with Crippen LogP contribution in [-0.4, -0.2) is 77.9 Å². The molecule has 0 spiro atoms. The van der Waals surface area contributed by atoms with Gasteiger partial charge in [0, 0.05) is 19.4 Å². The van der Waals surface area contributed by atoms with Crippen LogP contribution in [0.15, 0.2) is 59.6 Å². The summed E-state index contributed by atoms with van der Waals surface area (Å²) in [6, 6.07) is 10.7. The number of primary amides is 1. The molecule has 0 saturated heterocycles. The molecule has 0 fully saturated rings. The number of carbonyl (C=O) groups is 5. The Morgan fingerprint density at radius 1 is 0.766 bits per heavy atom. The molecule has 0 heterocycles. The number of guanidine groups is 1. The van der Waals surface area contributed by atoms with Gasteiger partial charge >= 0.3 is 0 Å². The van der Waals surface area contributed by atoms with Gasteiger partial charge in [-0.2, -0.15) is 0 Å². The molecule has 15 nitrogen and oxygen atoms in total. The second kappa shape index (κ2) is 19.4. The molecular weight excluding hydrogens is 606 g/mol. The minimum atomic E-state index is -1.14. The predicted octanol–water partition coefficient (Wildman–Crippen LogP) is -1.34. The number of benzene rings is 2. The summed E-state index contributed by atoms with van der Waals surface area (Å²) in [4.78, 5) is 69.1. The van der Waals surface area contributed by atoms with Crippen molar-refractivity contribution in [3.63, 3.8) is 0 Å². The Hall–Kier alpha value is -5.18. The van der Waals surface area contributed by atoms with Crippen molar-refractivity contribution in [2.75, 3.05) is 13.1 Å². The fourth-order valence-electron chi connectivity index (χ4n) is 4.66. The normalized spacial score (nSPS) is 13.9. The van der Waals surface area contributed by atoms with Gasteiger partial charge in [-0.1, -0.05) is 62.7 Å². The summed E-state index contributed by atoms with van der Waals surface area (Å²) >= 11 is 0. The first-order valence-corrected chi connectivity index (χ1v) is 15.4. The highest BCUT2D eigenvalue weighted by atomic mass is 16.3. The van der Waals surface area contributed by atoms with Gasteiger partial charge in [-0.05, 0) is 42.0 Å². The summed E-state index contributed by atoms with van der Waals surface area (Å²) in [7, 11) is 0. The number of hydrogen-bond acceptors (Lipinski definition) is 8. The van der Waals surface area contributed by atoms with E-state index < -0.39 is 53.7 Å². The Bertz CT molecular complexity index is 1370. The molecule has 13 N–H and O–H groups in total.